The van der Waals surface area contributed by atoms with Gasteiger partial charge in [-0.25, -0.2) is 8.42 Å². The first-order chi connectivity index (χ1) is 14.2. The van der Waals surface area contributed by atoms with E-state index in [1.807, 2.05) is 51.1 Å². The second kappa shape index (κ2) is 7.57. The van der Waals surface area contributed by atoms with Crippen LogP contribution < -0.4 is 0 Å². The van der Waals surface area contributed by atoms with E-state index >= 15 is 0 Å². The number of hydrogen-bond acceptors (Lipinski definition) is 6. The van der Waals surface area contributed by atoms with E-state index in [4.69, 9.17) is 8.94 Å². The molecule has 0 aliphatic heterocycles. The van der Waals surface area contributed by atoms with Crippen LogP contribution in [0.4, 0.5) is 0 Å². The van der Waals surface area contributed by atoms with E-state index in [-0.39, 0.29) is 11.6 Å². The Labute approximate surface area is 175 Å². The molecule has 7 heteroatoms. The van der Waals surface area contributed by atoms with Crippen LogP contribution in [-0.4, -0.2) is 18.6 Å². The van der Waals surface area contributed by atoms with Crippen molar-refractivity contribution in [2.45, 2.75) is 38.3 Å². The van der Waals surface area contributed by atoms with Crippen molar-refractivity contribution in [1.82, 2.24) is 10.1 Å². The quantitative estimate of drug-likeness (QED) is 0.439. The summed E-state index contributed by atoms with van der Waals surface area (Å²) < 4.78 is 36.9. The molecule has 0 radical (unpaired) electrons. The summed E-state index contributed by atoms with van der Waals surface area (Å²) in [7, 11) is -3.55. The molecule has 4 rings (SSSR count). The van der Waals surface area contributed by atoms with Gasteiger partial charge in [-0.05, 0) is 62.6 Å². The Bertz CT molecular complexity index is 1320. The zero-order valence-corrected chi connectivity index (χ0v) is 18.1. The van der Waals surface area contributed by atoms with Crippen molar-refractivity contribution in [3.05, 3.63) is 76.5 Å². The monoisotopic (exact) mass is 422 g/mol. The molecule has 154 valence electrons. The predicted molar refractivity (Wildman–Crippen MR) is 114 cm³/mol. The number of benzene rings is 2. The molecule has 0 unspecified atom stereocenters. The fourth-order valence-corrected chi connectivity index (χ4v) is 4.84. The van der Waals surface area contributed by atoms with Crippen LogP contribution in [-0.2, 0) is 15.6 Å². The smallest absolute Gasteiger partial charge is 0.293 e. The number of nitrogens with zero attached hydrogens (tertiary/aromatic N) is 2. The van der Waals surface area contributed by atoms with Gasteiger partial charge >= 0.3 is 0 Å². The molecular weight excluding hydrogens is 400 g/mol. The lowest BCUT2D eigenvalue weighted by atomic mass is 10.1. The van der Waals surface area contributed by atoms with Crippen LogP contribution in [0.3, 0.4) is 0 Å². The molecule has 2 aromatic carbocycles. The third kappa shape index (κ3) is 3.93. The SMILES string of the molecule is Cc1ccc(-c2noc(-c3ccc(CS(=O)(=O)c4cc(C)c(C)cc4C)o3)n2)cc1. The molecule has 30 heavy (non-hydrogen) atoms. The highest BCUT2D eigenvalue weighted by molar-refractivity contribution is 7.90. The molecular formula is C23H22N2O4S. The van der Waals surface area contributed by atoms with Crippen LogP contribution in [0.1, 0.15) is 28.0 Å². The molecule has 0 atom stereocenters. The number of aryl methyl sites for hydroxylation is 4. The first-order valence-corrected chi connectivity index (χ1v) is 11.2. The van der Waals surface area contributed by atoms with Crippen molar-refractivity contribution in [2.75, 3.05) is 0 Å². The maximum absolute atomic E-state index is 12.9. The van der Waals surface area contributed by atoms with Crippen molar-refractivity contribution in [3.63, 3.8) is 0 Å². The highest BCUT2D eigenvalue weighted by Crippen LogP contribution is 2.28. The van der Waals surface area contributed by atoms with Crippen LogP contribution in [0.25, 0.3) is 23.0 Å². The highest BCUT2D eigenvalue weighted by atomic mass is 32.2. The molecule has 0 bridgehead atoms. The van der Waals surface area contributed by atoms with Gasteiger partial charge in [0.15, 0.2) is 15.6 Å². The highest BCUT2D eigenvalue weighted by Gasteiger charge is 2.22. The van der Waals surface area contributed by atoms with Crippen molar-refractivity contribution in [1.29, 1.82) is 0 Å². The topological polar surface area (TPSA) is 86.2 Å². The van der Waals surface area contributed by atoms with Gasteiger partial charge in [0.05, 0.1) is 4.90 Å². The summed E-state index contributed by atoms with van der Waals surface area (Å²) in [6.07, 6.45) is 0. The Morgan fingerprint density at radius 3 is 2.30 bits per heavy atom. The van der Waals surface area contributed by atoms with Crippen molar-refractivity contribution in [2.24, 2.45) is 0 Å². The average Bonchev–Trinajstić information content (AvgIpc) is 3.34. The maximum Gasteiger partial charge on any atom is 0.293 e. The predicted octanol–water partition coefficient (Wildman–Crippen LogP) is 5.20. The zero-order chi connectivity index (χ0) is 21.5. The third-order valence-corrected chi connectivity index (χ3v) is 6.84. The fourth-order valence-electron chi connectivity index (χ4n) is 3.25. The van der Waals surface area contributed by atoms with Crippen LogP contribution in [0.5, 0.6) is 0 Å². The number of rotatable bonds is 5. The largest absolute Gasteiger partial charge is 0.455 e. The number of sulfone groups is 1. The normalized spacial score (nSPS) is 11.7. The molecule has 0 saturated heterocycles. The Morgan fingerprint density at radius 1 is 0.867 bits per heavy atom. The summed E-state index contributed by atoms with van der Waals surface area (Å²) in [6, 6.07) is 14.6. The summed E-state index contributed by atoms with van der Waals surface area (Å²) >= 11 is 0. The summed E-state index contributed by atoms with van der Waals surface area (Å²) in [5, 5.41) is 3.99. The Hall–Kier alpha value is -3.19. The van der Waals surface area contributed by atoms with Gasteiger partial charge in [0.25, 0.3) is 5.89 Å². The molecule has 6 nitrogen and oxygen atoms in total. The van der Waals surface area contributed by atoms with E-state index in [1.54, 1.807) is 25.1 Å². The van der Waals surface area contributed by atoms with Gasteiger partial charge in [-0.15, -0.1) is 0 Å². The lowest BCUT2D eigenvalue weighted by molar-refractivity contribution is 0.413. The van der Waals surface area contributed by atoms with Crippen molar-refractivity contribution < 1.29 is 17.4 Å². The first kappa shape index (κ1) is 20.1. The van der Waals surface area contributed by atoms with Gasteiger partial charge < -0.3 is 8.94 Å². The summed E-state index contributed by atoms with van der Waals surface area (Å²) in [6.45, 7) is 7.67. The molecule has 0 aliphatic carbocycles. The second-order valence-corrected chi connectivity index (χ2v) is 9.47. The van der Waals surface area contributed by atoms with Gasteiger partial charge in [0, 0.05) is 5.56 Å². The van der Waals surface area contributed by atoms with Crippen LogP contribution in [0, 0.1) is 27.7 Å². The zero-order valence-electron chi connectivity index (χ0n) is 17.3. The number of hydrogen-bond donors (Lipinski definition) is 0. The fraction of sp³-hybridized carbons (Fsp3) is 0.217. The van der Waals surface area contributed by atoms with Crippen molar-refractivity contribution in [3.8, 4) is 23.0 Å². The minimum Gasteiger partial charge on any atom is -0.455 e. The van der Waals surface area contributed by atoms with Crippen LogP contribution in [0.2, 0.25) is 0 Å². The van der Waals surface area contributed by atoms with Gasteiger partial charge in [0.2, 0.25) is 5.82 Å². The Morgan fingerprint density at radius 2 is 1.57 bits per heavy atom. The maximum atomic E-state index is 12.9. The summed E-state index contributed by atoms with van der Waals surface area (Å²) in [4.78, 5) is 4.69. The molecule has 0 N–H and O–H groups in total. The van der Waals surface area contributed by atoms with E-state index < -0.39 is 9.84 Å². The summed E-state index contributed by atoms with van der Waals surface area (Å²) in [5.41, 5.74) is 4.69. The third-order valence-electron chi connectivity index (χ3n) is 5.07. The van der Waals surface area contributed by atoms with E-state index in [1.165, 1.54) is 0 Å². The first-order valence-electron chi connectivity index (χ1n) is 9.53. The van der Waals surface area contributed by atoms with E-state index in [0.29, 0.717) is 22.2 Å². The molecule has 2 heterocycles. The van der Waals surface area contributed by atoms with Gasteiger partial charge in [0.1, 0.15) is 11.5 Å². The Balaban J connectivity index is 1.58. The lowest BCUT2D eigenvalue weighted by Crippen LogP contribution is -2.07. The minimum absolute atomic E-state index is 0.205. The van der Waals surface area contributed by atoms with E-state index in [0.717, 1.165) is 27.8 Å². The molecule has 0 fully saturated rings. The molecule has 2 aromatic heterocycles. The number of aromatic nitrogens is 2. The average molecular weight is 423 g/mol. The van der Waals surface area contributed by atoms with Crippen LogP contribution >= 0.6 is 0 Å². The van der Waals surface area contributed by atoms with Crippen LogP contribution in [0.15, 0.2) is 62.4 Å². The molecule has 0 aliphatic rings. The standard InChI is InChI=1S/C23H22N2O4S/c1-14-5-7-18(8-6-14)22-24-23(29-25-22)20-10-9-19(28-20)13-30(26,27)21-12-16(3)15(2)11-17(21)4/h5-12H,13H2,1-4H3. The minimum atomic E-state index is -3.55. The van der Waals surface area contributed by atoms with Gasteiger partial charge in [-0.1, -0.05) is 41.1 Å². The number of furan rings is 1. The molecule has 4 aromatic rings. The van der Waals surface area contributed by atoms with Gasteiger partial charge in [-0.2, -0.15) is 4.98 Å². The van der Waals surface area contributed by atoms with E-state index in [9.17, 15) is 8.42 Å². The van der Waals surface area contributed by atoms with Gasteiger partial charge in [-0.3, -0.25) is 0 Å². The molecule has 0 amide bonds. The Kier molecular flexibility index (Phi) is 5.07. The van der Waals surface area contributed by atoms with E-state index in [2.05, 4.69) is 10.1 Å². The molecule has 0 spiro atoms. The summed E-state index contributed by atoms with van der Waals surface area (Å²) in [5.74, 6) is 1.06. The molecule has 0 saturated carbocycles. The van der Waals surface area contributed by atoms with Crippen molar-refractivity contribution >= 4 is 9.84 Å². The lowest BCUT2D eigenvalue weighted by Gasteiger charge is -2.10. The second-order valence-electron chi connectivity index (χ2n) is 7.52.